The van der Waals surface area contributed by atoms with E-state index in [0.717, 1.165) is 6.07 Å². The molecule has 0 heterocycles. The van der Waals surface area contributed by atoms with Crippen LogP contribution in [-0.2, 0) is 16.1 Å². The van der Waals surface area contributed by atoms with E-state index in [1.165, 1.54) is 0 Å². The van der Waals surface area contributed by atoms with Crippen LogP contribution in [0.15, 0.2) is 36.4 Å². The Kier molecular flexibility index (Phi) is 5.23. The highest BCUT2D eigenvalue weighted by molar-refractivity contribution is 6.39. The van der Waals surface area contributed by atoms with Crippen LogP contribution in [0, 0.1) is 17.5 Å². The number of benzene rings is 2. The number of hydrogen-bond acceptors (Lipinski definition) is 2. The largest absolute Gasteiger partial charge is 0.344 e. The van der Waals surface area contributed by atoms with Crippen molar-refractivity contribution in [2.24, 2.45) is 0 Å². The minimum Gasteiger partial charge on any atom is -0.344 e. The van der Waals surface area contributed by atoms with Crippen LogP contribution in [0.25, 0.3) is 0 Å². The molecule has 0 aliphatic heterocycles. The van der Waals surface area contributed by atoms with E-state index in [4.69, 9.17) is 11.6 Å². The van der Waals surface area contributed by atoms with Gasteiger partial charge in [-0.25, -0.2) is 13.2 Å². The molecule has 120 valence electrons. The van der Waals surface area contributed by atoms with Gasteiger partial charge in [-0.05, 0) is 29.8 Å². The number of carbonyl (C=O) groups is 2. The zero-order valence-electron chi connectivity index (χ0n) is 11.5. The van der Waals surface area contributed by atoms with E-state index in [2.05, 4.69) is 5.32 Å². The summed E-state index contributed by atoms with van der Waals surface area (Å²) >= 11 is 5.71. The second-order valence-corrected chi connectivity index (χ2v) is 4.92. The van der Waals surface area contributed by atoms with E-state index in [-0.39, 0.29) is 6.54 Å². The van der Waals surface area contributed by atoms with E-state index < -0.39 is 35.0 Å². The second kappa shape index (κ2) is 7.15. The highest BCUT2D eigenvalue weighted by atomic mass is 35.5. The molecule has 4 nitrogen and oxygen atoms in total. The molecule has 2 N–H and O–H groups in total. The fourth-order valence-electron chi connectivity index (χ4n) is 1.67. The van der Waals surface area contributed by atoms with Crippen molar-refractivity contribution < 1.29 is 22.8 Å². The molecule has 2 rings (SSSR count). The lowest BCUT2D eigenvalue weighted by atomic mass is 10.2. The van der Waals surface area contributed by atoms with E-state index in [0.29, 0.717) is 16.7 Å². The minimum absolute atomic E-state index is 0.0453. The molecule has 0 atom stereocenters. The molecule has 0 bridgehead atoms. The maximum atomic E-state index is 13.4. The predicted molar refractivity (Wildman–Crippen MR) is 78.2 cm³/mol. The third kappa shape index (κ3) is 4.23. The van der Waals surface area contributed by atoms with Crippen LogP contribution in [0.5, 0.6) is 0 Å². The number of halogens is 4. The van der Waals surface area contributed by atoms with Crippen molar-refractivity contribution >= 4 is 29.1 Å². The van der Waals surface area contributed by atoms with Crippen LogP contribution in [0.4, 0.5) is 18.9 Å². The molecule has 2 amide bonds. The number of carbonyl (C=O) groups excluding carboxylic acids is 2. The van der Waals surface area contributed by atoms with Gasteiger partial charge in [-0.3, -0.25) is 9.59 Å². The molecule has 0 aliphatic rings. The Hall–Kier alpha value is -2.54. The van der Waals surface area contributed by atoms with E-state index >= 15 is 0 Å². The Morgan fingerprint density at radius 1 is 0.913 bits per heavy atom. The molecule has 0 aromatic heterocycles. The Labute approximate surface area is 134 Å². The molecule has 23 heavy (non-hydrogen) atoms. The number of hydrogen-bond donors (Lipinski definition) is 2. The number of nitrogens with one attached hydrogen (secondary N) is 2. The van der Waals surface area contributed by atoms with Gasteiger partial charge in [0.1, 0.15) is 0 Å². The van der Waals surface area contributed by atoms with Crippen molar-refractivity contribution in [3.63, 3.8) is 0 Å². The quantitative estimate of drug-likeness (QED) is 0.665. The van der Waals surface area contributed by atoms with Crippen molar-refractivity contribution in [2.75, 3.05) is 5.32 Å². The highest BCUT2D eigenvalue weighted by Crippen LogP contribution is 2.19. The first kappa shape index (κ1) is 16.8. The van der Waals surface area contributed by atoms with E-state index in [1.54, 1.807) is 24.3 Å². The van der Waals surface area contributed by atoms with Crippen LogP contribution >= 0.6 is 11.6 Å². The molecule has 2 aromatic carbocycles. The molecule has 0 unspecified atom stereocenters. The summed E-state index contributed by atoms with van der Waals surface area (Å²) in [5.41, 5.74) is 0.0603. The minimum atomic E-state index is -1.73. The summed E-state index contributed by atoms with van der Waals surface area (Å²) in [5, 5.41) is 4.69. The standard InChI is InChI=1S/C15H10ClF3N2O2/c16-9-3-1-8(2-4-9)7-20-14(22)15(23)21-11-6-5-10(17)12(18)13(11)19/h1-6H,7H2,(H,20,22)(H,21,23). The molecule has 0 radical (unpaired) electrons. The third-order valence-electron chi connectivity index (χ3n) is 2.86. The van der Waals surface area contributed by atoms with Gasteiger partial charge in [0, 0.05) is 11.6 Å². The topological polar surface area (TPSA) is 58.2 Å². The van der Waals surface area contributed by atoms with Crippen LogP contribution in [0.3, 0.4) is 0 Å². The first-order valence-corrected chi connectivity index (χ1v) is 6.73. The Morgan fingerprint density at radius 3 is 2.22 bits per heavy atom. The van der Waals surface area contributed by atoms with Gasteiger partial charge in [-0.1, -0.05) is 23.7 Å². The fourth-order valence-corrected chi connectivity index (χ4v) is 1.79. The lowest BCUT2D eigenvalue weighted by molar-refractivity contribution is -0.136. The fraction of sp³-hybridized carbons (Fsp3) is 0.0667. The van der Waals surface area contributed by atoms with Gasteiger partial charge in [0.2, 0.25) is 0 Å². The summed E-state index contributed by atoms with van der Waals surface area (Å²) in [6, 6.07) is 7.97. The molecule has 0 saturated carbocycles. The van der Waals surface area contributed by atoms with Crippen molar-refractivity contribution in [2.45, 2.75) is 6.54 Å². The second-order valence-electron chi connectivity index (χ2n) is 4.49. The maximum Gasteiger partial charge on any atom is 0.313 e. The lowest BCUT2D eigenvalue weighted by Crippen LogP contribution is -2.35. The molecule has 0 aliphatic carbocycles. The van der Waals surface area contributed by atoms with E-state index in [9.17, 15) is 22.8 Å². The summed E-state index contributed by atoms with van der Waals surface area (Å²) in [6.45, 7) is 0.0453. The number of amides is 2. The molecule has 0 saturated heterocycles. The van der Waals surface area contributed by atoms with Crippen molar-refractivity contribution in [1.29, 1.82) is 0 Å². The van der Waals surface area contributed by atoms with Gasteiger partial charge in [-0.2, -0.15) is 0 Å². The Bertz CT molecular complexity index is 751. The van der Waals surface area contributed by atoms with Gasteiger partial charge >= 0.3 is 11.8 Å². The first-order valence-electron chi connectivity index (χ1n) is 6.35. The third-order valence-corrected chi connectivity index (χ3v) is 3.11. The summed E-state index contributed by atoms with van der Waals surface area (Å²) in [4.78, 5) is 23.2. The SMILES string of the molecule is O=C(NCc1ccc(Cl)cc1)C(=O)Nc1ccc(F)c(F)c1F. The van der Waals surface area contributed by atoms with Crippen LogP contribution in [0.1, 0.15) is 5.56 Å². The van der Waals surface area contributed by atoms with Crippen molar-refractivity contribution in [3.8, 4) is 0 Å². The summed E-state index contributed by atoms with van der Waals surface area (Å²) < 4.78 is 39.2. The number of rotatable bonds is 3. The van der Waals surface area contributed by atoms with Gasteiger partial charge in [0.15, 0.2) is 17.5 Å². The molecule has 2 aromatic rings. The molecule has 0 spiro atoms. The van der Waals surface area contributed by atoms with Crippen LogP contribution in [-0.4, -0.2) is 11.8 Å². The summed E-state index contributed by atoms with van der Waals surface area (Å²) in [5.74, 6) is -6.96. The molecular formula is C15H10ClF3N2O2. The van der Waals surface area contributed by atoms with Crippen molar-refractivity contribution in [1.82, 2.24) is 5.32 Å². The van der Waals surface area contributed by atoms with Gasteiger partial charge in [0.05, 0.1) is 5.69 Å². The molecular weight excluding hydrogens is 333 g/mol. The van der Waals surface area contributed by atoms with Gasteiger partial charge in [-0.15, -0.1) is 0 Å². The van der Waals surface area contributed by atoms with Gasteiger partial charge < -0.3 is 10.6 Å². The average molecular weight is 343 g/mol. The van der Waals surface area contributed by atoms with Crippen LogP contribution in [0.2, 0.25) is 5.02 Å². The Balaban J connectivity index is 1.96. The monoisotopic (exact) mass is 342 g/mol. The zero-order chi connectivity index (χ0) is 17.0. The summed E-state index contributed by atoms with van der Waals surface area (Å²) in [6.07, 6.45) is 0. The Morgan fingerprint density at radius 2 is 1.57 bits per heavy atom. The van der Waals surface area contributed by atoms with Gasteiger partial charge in [0.25, 0.3) is 0 Å². The van der Waals surface area contributed by atoms with Crippen molar-refractivity contribution in [3.05, 3.63) is 64.4 Å². The highest BCUT2D eigenvalue weighted by Gasteiger charge is 2.19. The zero-order valence-corrected chi connectivity index (χ0v) is 12.3. The van der Waals surface area contributed by atoms with E-state index in [1.807, 2.05) is 5.32 Å². The average Bonchev–Trinajstić information content (AvgIpc) is 2.54. The normalized spacial score (nSPS) is 10.3. The first-order chi connectivity index (χ1) is 10.9. The van der Waals surface area contributed by atoms with Crippen LogP contribution < -0.4 is 10.6 Å². The summed E-state index contributed by atoms with van der Waals surface area (Å²) in [7, 11) is 0. The molecule has 8 heteroatoms. The molecule has 0 fully saturated rings. The lowest BCUT2D eigenvalue weighted by Gasteiger charge is -2.08. The number of anilines is 1. The maximum absolute atomic E-state index is 13.4. The smallest absolute Gasteiger partial charge is 0.313 e. The predicted octanol–water partition coefficient (Wildman–Crippen LogP) is 3.01.